The number of aliphatic hydroxyl groups excluding tert-OH is 1. The summed E-state index contributed by atoms with van der Waals surface area (Å²) in [5.74, 6) is 0.290. The van der Waals surface area contributed by atoms with Crippen LogP contribution in [0, 0.1) is 11.3 Å². The highest BCUT2D eigenvalue weighted by Gasteiger charge is 2.14. The minimum absolute atomic E-state index is 0.00276. The molecule has 1 aromatic rings. The molecule has 1 atom stereocenters. The fourth-order valence-corrected chi connectivity index (χ4v) is 1.72. The molecule has 86 valence electrons. The number of benzene rings is 1. The summed E-state index contributed by atoms with van der Waals surface area (Å²) >= 11 is 3.16. The summed E-state index contributed by atoms with van der Waals surface area (Å²) < 4.78 is 5.65. The number of nitrogens with zero attached hydrogens (tertiary/aromatic N) is 1. The maximum absolute atomic E-state index is 9.65. The Bertz CT molecular complexity index is 414. The van der Waals surface area contributed by atoms with Crippen LogP contribution in [0.5, 0.6) is 11.5 Å². The number of aliphatic hydroxyl groups is 1. The van der Waals surface area contributed by atoms with E-state index in [1.807, 2.05) is 6.07 Å². The lowest BCUT2D eigenvalue weighted by molar-refractivity contribution is 0.182. The molecule has 0 aliphatic heterocycles. The van der Waals surface area contributed by atoms with Crippen molar-refractivity contribution in [3.63, 3.8) is 0 Å². The third-order valence-electron chi connectivity index (χ3n) is 2.02. The highest BCUT2D eigenvalue weighted by atomic mass is 79.9. The Kier molecular flexibility index (Phi) is 4.59. The lowest BCUT2D eigenvalue weighted by Gasteiger charge is -2.12. The van der Waals surface area contributed by atoms with Crippen LogP contribution >= 0.6 is 15.9 Å². The fourth-order valence-electron chi connectivity index (χ4n) is 1.26. The minimum Gasteiger partial charge on any atom is -0.503 e. The SMILES string of the molecule is CCOc1cc(C(O)CC#N)cc(Br)c1O. The van der Waals surface area contributed by atoms with Crippen molar-refractivity contribution in [2.75, 3.05) is 6.61 Å². The second kappa shape index (κ2) is 5.73. The topological polar surface area (TPSA) is 73.5 Å². The molecule has 0 aliphatic rings. The number of hydrogen-bond donors (Lipinski definition) is 2. The molecule has 1 rings (SSSR count). The minimum atomic E-state index is -0.874. The predicted molar refractivity (Wildman–Crippen MR) is 62.2 cm³/mol. The molecule has 0 fully saturated rings. The number of nitriles is 1. The average molecular weight is 286 g/mol. The van der Waals surface area contributed by atoms with E-state index in [-0.39, 0.29) is 12.2 Å². The zero-order chi connectivity index (χ0) is 12.1. The summed E-state index contributed by atoms with van der Waals surface area (Å²) in [6.07, 6.45) is -0.871. The molecule has 0 bridgehead atoms. The molecule has 4 nitrogen and oxygen atoms in total. The first-order chi connectivity index (χ1) is 7.60. The van der Waals surface area contributed by atoms with Gasteiger partial charge in [-0.3, -0.25) is 0 Å². The van der Waals surface area contributed by atoms with E-state index >= 15 is 0 Å². The van der Waals surface area contributed by atoms with Gasteiger partial charge in [0.25, 0.3) is 0 Å². The van der Waals surface area contributed by atoms with Gasteiger partial charge in [-0.2, -0.15) is 5.26 Å². The van der Waals surface area contributed by atoms with Gasteiger partial charge in [0.15, 0.2) is 11.5 Å². The van der Waals surface area contributed by atoms with Crippen LogP contribution in [0.15, 0.2) is 16.6 Å². The van der Waals surface area contributed by atoms with Gasteiger partial charge >= 0.3 is 0 Å². The van der Waals surface area contributed by atoms with Crippen molar-refractivity contribution in [1.29, 1.82) is 5.26 Å². The van der Waals surface area contributed by atoms with Crippen molar-refractivity contribution in [3.8, 4) is 17.6 Å². The molecule has 0 saturated carbocycles. The highest BCUT2D eigenvalue weighted by molar-refractivity contribution is 9.10. The number of aromatic hydroxyl groups is 1. The highest BCUT2D eigenvalue weighted by Crippen LogP contribution is 2.37. The first-order valence-corrected chi connectivity index (χ1v) is 5.59. The summed E-state index contributed by atoms with van der Waals surface area (Å²) in [6, 6.07) is 4.99. The van der Waals surface area contributed by atoms with Gasteiger partial charge in [-0.25, -0.2) is 0 Å². The third-order valence-corrected chi connectivity index (χ3v) is 2.62. The Morgan fingerprint density at radius 1 is 1.56 bits per heavy atom. The molecule has 5 heteroatoms. The summed E-state index contributed by atoms with van der Waals surface area (Å²) in [7, 11) is 0. The predicted octanol–water partition coefficient (Wildman–Crippen LogP) is 2.50. The average Bonchev–Trinajstić information content (AvgIpc) is 2.25. The quantitative estimate of drug-likeness (QED) is 0.891. The first kappa shape index (κ1) is 12.8. The molecule has 0 radical (unpaired) electrons. The van der Waals surface area contributed by atoms with Crippen LogP contribution in [0.2, 0.25) is 0 Å². The van der Waals surface area contributed by atoms with Crippen LogP contribution in [-0.2, 0) is 0 Å². The van der Waals surface area contributed by atoms with E-state index in [0.717, 1.165) is 0 Å². The molecule has 0 saturated heterocycles. The lowest BCUT2D eigenvalue weighted by atomic mass is 10.1. The largest absolute Gasteiger partial charge is 0.503 e. The van der Waals surface area contributed by atoms with Crippen LogP contribution in [0.1, 0.15) is 25.0 Å². The normalized spacial score (nSPS) is 11.9. The van der Waals surface area contributed by atoms with E-state index in [1.54, 1.807) is 13.0 Å². The van der Waals surface area contributed by atoms with E-state index in [2.05, 4.69) is 15.9 Å². The number of phenols is 1. The Morgan fingerprint density at radius 2 is 2.25 bits per heavy atom. The Labute approximate surface area is 102 Å². The van der Waals surface area contributed by atoms with Crippen LogP contribution < -0.4 is 4.74 Å². The molecule has 1 aromatic carbocycles. The molecule has 16 heavy (non-hydrogen) atoms. The van der Waals surface area contributed by atoms with Gasteiger partial charge in [0.1, 0.15) is 0 Å². The van der Waals surface area contributed by atoms with Gasteiger partial charge in [-0.1, -0.05) is 0 Å². The van der Waals surface area contributed by atoms with E-state index in [4.69, 9.17) is 10.00 Å². The van der Waals surface area contributed by atoms with E-state index in [1.165, 1.54) is 6.07 Å². The van der Waals surface area contributed by atoms with Crippen LogP contribution in [0.4, 0.5) is 0 Å². The van der Waals surface area contributed by atoms with Gasteiger partial charge in [0.05, 0.1) is 29.7 Å². The number of hydrogen-bond acceptors (Lipinski definition) is 4. The number of ether oxygens (including phenoxy) is 1. The molecule has 0 heterocycles. The van der Waals surface area contributed by atoms with Crippen molar-refractivity contribution < 1.29 is 14.9 Å². The van der Waals surface area contributed by atoms with Crippen LogP contribution in [0.25, 0.3) is 0 Å². The third kappa shape index (κ3) is 2.87. The molecular formula is C11H12BrNO3. The molecule has 0 spiro atoms. The molecule has 0 aromatic heterocycles. The van der Waals surface area contributed by atoms with Gasteiger partial charge in [-0.05, 0) is 40.5 Å². The summed E-state index contributed by atoms with van der Waals surface area (Å²) in [5, 5.41) is 27.8. The number of halogens is 1. The molecule has 2 N–H and O–H groups in total. The van der Waals surface area contributed by atoms with Gasteiger partial charge < -0.3 is 14.9 Å². The molecule has 1 unspecified atom stereocenters. The smallest absolute Gasteiger partial charge is 0.172 e. The number of phenolic OH excluding ortho intramolecular Hbond substituents is 1. The van der Waals surface area contributed by atoms with E-state index in [9.17, 15) is 10.2 Å². The Morgan fingerprint density at radius 3 is 2.81 bits per heavy atom. The van der Waals surface area contributed by atoms with Crippen molar-refractivity contribution in [1.82, 2.24) is 0 Å². The maximum atomic E-state index is 9.65. The summed E-state index contributed by atoms with van der Waals surface area (Å²) in [6.45, 7) is 2.21. The Balaban J connectivity index is 3.08. The fraction of sp³-hybridized carbons (Fsp3) is 0.364. The van der Waals surface area contributed by atoms with Gasteiger partial charge in [0.2, 0.25) is 0 Å². The second-order valence-corrected chi connectivity index (χ2v) is 4.01. The van der Waals surface area contributed by atoms with Crippen molar-refractivity contribution >= 4 is 15.9 Å². The van der Waals surface area contributed by atoms with Crippen LogP contribution in [-0.4, -0.2) is 16.8 Å². The molecule has 0 amide bonds. The Hall–Kier alpha value is -1.25. The zero-order valence-corrected chi connectivity index (χ0v) is 10.4. The van der Waals surface area contributed by atoms with Crippen LogP contribution in [0.3, 0.4) is 0 Å². The van der Waals surface area contributed by atoms with Crippen molar-refractivity contribution in [3.05, 3.63) is 22.2 Å². The van der Waals surface area contributed by atoms with E-state index < -0.39 is 6.10 Å². The van der Waals surface area contributed by atoms with Crippen molar-refractivity contribution in [2.45, 2.75) is 19.4 Å². The lowest BCUT2D eigenvalue weighted by Crippen LogP contribution is -1.99. The summed E-state index contributed by atoms with van der Waals surface area (Å²) in [5.41, 5.74) is 0.537. The zero-order valence-electron chi connectivity index (χ0n) is 8.77. The number of rotatable bonds is 4. The second-order valence-electron chi connectivity index (χ2n) is 3.16. The van der Waals surface area contributed by atoms with E-state index in [0.29, 0.717) is 22.4 Å². The summed E-state index contributed by atoms with van der Waals surface area (Å²) in [4.78, 5) is 0. The monoisotopic (exact) mass is 285 g/mol. The molecular weight excluding hydrogens is 274 g/mol. The van der Waals surface area contributed by atoms with Crippen molar-refractivity contribution in [2.24, 2.45) is 0 Å². The standard InChI is InChI=1S/C11H12BrNO3/c1-2-16-10-6-7(9(14)3-4-13)5-8(12)11(10)15/h5-6,9,14-15H,2-3H2,1H3. The molecule has 0 aliphatic carbocycles. The first-order valence-electron chi connectivity index (χ1n) is 4.80. The van der Waals surface area contributed by atoms with Gasteiger partial charge in [0, 0.05) is 0 Å². The maximum Gasteiger partial charge on any atom is 0.172 e. The van der Waals surface area contributed by atoms with Gasteiger partial charge in [-0.15, -0.1) is 0 Å².